The summed E-state index contributed by atoms with van der Waals surface area (Å²) in [6.45, 7) is 5.44. The Hall–Kier alpha value is -2.66. The third kappa shape index (κ3) is 5.45. The molecule has 5 nitrogen and oxygen atoms in total. The van der Waals surface area contributed by atoms with Crippen LogP contribution in [0.4, 0.5) is 0 Å². The lowest BCUT2D eigenvalue weighted by atomic mass is 9.68. The fourth-order valence-corrected chi connectivity index (χ4v) is 4.47. The van der Waals surface area contributed by atoms with Gasteiger partial charge in [0.15, 0.2) is 0 Å². The predicted octanol–water partition coefficient (Wildman–Crippen LogP) is 4.32. The molecule has 1 saturated heterocycles. The number of carboxylic acids is 1. The van der Waals surface area contributed by atoms with Crippen molar-refractivity contribution in [1.29, 1.82) is 0 Å². The molecule has 2 aromatic rings. The lowest BCUT2D eigenvalue weighted by Gasteiger charge is -2.45. The molecule has 0 spiro atoms. The van der Waals surface area contributed by atoms with Crippen molar-refractivity contribution in [1.82, 2.24) is 5.32 Å². The Morgan fingerprint density at radius 1 is 1.03 bits per heavy atom. The van der Waals surface area contributed by atoms with Crippen molar-refractivity contribution in [3.05, 3.63) is 71.3 Å². The first-order valence-electron chi connectivity index (χ1n) is 10.1. The lowest BCUT2D eigenvalue weighted by Crippen LogP contribution is -2.44. The number of carbonyl (C=O) groups is 2. The van der Waals surface area contributed by atoms with Gasteiger partial charge in [0.1, 0.15) is 0 Å². The molecule has 1 heterocycles. The van der Waals surface area contributed by atoms with Crippen LogP contribution in [0.5, 0.6) is 0 Å². The molecule has 0 aliphatic carbocycles. The average Bonchev–Trinajstić information content (AvgIpc) is 2.67. The predicted molar refractivity (Wildman–Crippen MR) is 112 cm³/mol. The van der Waals surface area contributed by atoms with Crippen molar-refractivity contribution in [2.75, 3.05) is 13.2 Å². The van der Waals surface area contributed by atoms with E-state index in [2.05, 4.69) is 43.4 Å². The van der Waals surface area contributed by atoms with Crippen molar-refractivity contribution in [2.45, 2.75) is 45.1 Å². The third-order valence-electron chi connectivity index (χ3n) is 5.69. The van der Waals surface area contributed by atoms with E-state index in [1.807, 2.05) is 6.07 Å². The number of nitrogens with one attached hydrogen (secondary N) is 1. The minimum atomic E-state index is -1.09. The Morgan fingerprint density at radius 3 is 2.34 bits per heavy atom. The fourth-order valence-electron chi connectivity index (χ4n) is 4.47. The van der Waals surface area contributed by atoms with Crippen LogP contribution in [0.1, 0.15) is 59.4 Å². The summed E-state index contributed by atoms with van der Waals surface area (Å²) in [5.41, 5.74) is 1.34. The lowest BCUT2D eigenvalue weighted by molar-refractivity contribution is -0.107. The molecule has 0 aromatic heterocycles. The second kappa shape index (κ2) is 8.78. The van der Waals surface area contributed by atoms with E-state index in [-0.39, 0.29) is 28.1 Å². The first-order chi connectivity index (χ1) is 13.8. The number of carbonyl (C=O) groups excluding carboxylic acids is 1. The zero-order chi connectivity index (χ0) is 20.9. The smallest absolute Gasteiger partial charge is 0.336 e. The molecule has 2 aromatic carbocycles. The molecule has 1 fully saturated rings. The number of carboxylic acid groups (broad SMARTS) is 1. The molecule has 1 aliphatic heterocycles. The van der Waals surface area contributed by atoms with Gasteiger partial charge in [0, 0.05) is 13.2 Å². The van der Waals surface area contributed by atoms with Crippen LogP contribution in [0.3, 0.4) is 0 Å². The summed E-state index contributed by atoms with van der Waals surface area (Å²) in [6, 6.07) is 16.7. The SMILES string of the molecule is CC1(C)CC(CCNC(=O)c2ccccc2C(=O)O)(Cc2ccccc2)CCO1. The second-order valence-corrected chi connectivity index (χ2v) is 8.55. The highest BCUT2D eigenvalue weighted by Gasteiger charge is 2.40. The Labute approximate surface area is 172 Å². The zero-order valence-electron chi connectivity index (χ0n) is 17.1. The number of rotatable bonds is 7. The van der Waals surface area contributed by atoms with Gasteiger partial charge in [-0.3, -0.25) is 4.79 Å². The summed E-state index contributed by atoms with van der Waals surface area (Å²) < 4.78 is 5.94. The van der Waals surface area contributed by atoms with Crippen LogP contribution < -0.4 is 5.32 Å². The van der Waals surface area contributed by atoms with Crippen LogP contribution >= 0.6 is 0 Å². The molecule has 154 valence electrons. The van der Waals surface area contributed by atoms with Crippen LogP contribution in [-0.4, -0.2) is 35.7 Å². The maximum atomic E-state index is 12.6. The Bertz CT molecular complexity index is 862. The van der Waals surface area contributed by atoms with Gasteiger partial charge < -0.3 is 15.2 Å². The van der Waals surface area contributed by atoms with E-state index < -0.39 is 5.97 Å². The van der Waals surface area contributed by atoms with Gasteiger partial charge in [0.25, 0.3) is 5.91 Å². The summed E-state index contributed by atoms with van der Waals surface area (Å²) in [4.78, 5) is 24.0. The van der Waals surface area contributed by atoms with Crippen LogP contribution in [0.25, 0.3) is 0 Å². The summed E-state index contributed by atoms with van der Waals surface area (Å²) in [5, 5.41) is 12.2. The normalized spacial score (nSPS) is 20.8. The first kappa shape index (κ1) is 21.1. The van der Waals surface area contributed by atoms with Gasteiger partial charge in [-0.25, -0.2) is 4.79 Å². The molecule has 3 rings (SSSR count). The van der Waals surface area contributed by atoms with E-state index in [0.29, 0.717) is 13.2 Å². The van der Waals surface area contributed by atoms with Gasteiger partial charge in [0.05, 0.1) is 16.7 Å². The van der Waals surface area contributed by atoms with E-state index in [9.17, 15) is 14.7 Å². The Balaban J connectivity index is 1.71. The molecular weight excluding hydrogens is 366 g/mol. The number of amides is 1. The number of ether oxygens (including phenoxy) is 1. The van der Waals surface area contributed by atoms with E-state index in [1.54, 1.807) is 18.2 Å². The highest BCUT2D eigenvalue weighted by atomic mass is 16.5. The Kier molecular flexibility index (Phi) is 6.38. The summed E-state index contributed by atoms with van der Waals surface area (Å²) in [7, 11) is 0. The molecule has 29 heavy (non-hydrogen) atoms. The fraction of sp³-hybridized carbons (Fsp3) is 0.417. The molecule has 2 N–H and O–H groups in total. The van der Waals surface area contributed by atoms with Crippen molar-refractivity contribution in [3.8, 4) is 0 Å². The molecule has 1 amide bonds. The minimum absolute atomic E-state index is 0.0243. The molecule has 1 atom stereocenters. The second-order valence-electron chi connectivity index (χ2n) is 8.55. The van der Waals surface area contributed by atoms with Crippen molar-refractivity contribution in [2.24, 2.45) is 5.41 Å². The van der Waals surface area contributed by atoms with E-state index in [4.69, 9.17) is 4.74 Å². The highest BCUT2D eigenvalue weighted by Crippen LogP contribution is 2.43. The molecule has 1 unspecified atom stereocenters. The summed E-state index contributed by atoms with van der Waals surface area (Å²) in [6.07, 6.45) is 3.60. The molecular formula is C24H29NO4. The van der Waals surface area contributed by atoms with Crippen LogP contribution in [0, 0.1) is 5.41 Å². The average molecular weight is 395 g/mol. The van der Waals surface area contributed by atoms with Gasteiger partial charge in [0.2, 0.25) is 0 Å². The van der Waals surface area contributed by atoms with E-state index in [1.165, 1.54) is 11.6 Å². The van der Waals surface area contributed by atoms with Crippen LogP contribution in [-0.2, 0) is 11.2 Å². The molecule has 0 radical (unpaired) electrons. The van der Waals surface area contributed by atoms with Gasteiger partial charge in [-0.1, -0.05) is 42.5 Å². The van der Waals surface area contributed by atoms with Crippen molar-refractivity contribution in [3.63, 3.8) is 0 Å². The number of hydrogen-bond donors (Lipinski definition) is 2. The standard InChI is InChI=1S/C24H29NO4/c1-23(2)17-24(13-15-29-23,16-18-8-4-3-5-9-18)12-14-25-21(26)19-10-6-7-11-20(19)22(27)28/h3-11H,12-17H2,1-2H3,(H,25,26)(H,27,28). The largest absolute Gasteiger partial charge is 0.478 e. The molecule has 1 aliphatic rings. The van der Waals surface area contributed by atoms with Gasteiger partial charge in [-0.05, 0) is 62.6 Å². The van der Waals surface area contributed by atoms with Crippen LogP contribution in [0.2, 0.25) is 0 Å². The monoisotopic (exact) mass is 395 g/mol. The van der Waals surface area contributed by atoms with Crippen molar-refractivity contribution < 1.29 is 19.4 Å². The minimum Gasteiger partial charge on any atom is -0.478 e. The van der Waals surface area contributed by atoms with Gasteiger partial charge in [-0.15, -0.1) is 0 Å². The maximum Gasteiger partial charge on any atom is 0.336 e. The quantitative estimate of drug-likeness (QED) is 0.732. The van der Waals surface area contributed by atoms with E-state index in [0.717, 1.165) is 25.7 Å². The zero-order valence-corrected chi connectivity index (χ0v) is 17.1. The maximum absolute atomic E-state index is 12.6. The topological polar surface area (TPSA) is 75.6 Å². The first-order valence-corrected chi connectivity index (χ1v) is 10.1. The molecule has 5 heteroatoms. The Morgan fingerprint density at radius 2 is 1.69 bits per heavy atom. The summed E-state index contributed by atoms with van der Waals surface area (Å²) in [5.74, 6) is -1.44. The number of aromatic carboxylic acids is 1. The third-order valence-corrected chi connectivity index (χ3v) is 5.69. The number of hydrogen-bond acceptors (Lipinski definition) is 3. The van der Waals surface area contributed by atoms with Crippen LogP contribution in [0.15, 0.2) is 54.6 Å². The molecule has 0 saturated carbocycles. The van der Waals surface area contributed by atoms with E-state index >= 15 is 0 Å². The van der Waals surface area contributed by atoms with Crippen molar-refractivity contribution >= 4 is 11.9 Å². The summed E-state index contributed by atoms with van der Waals surface area (Å²) >= 11 is 0. The van der Waals surface area contributed by atoms with Gasteiger partial charge in [-0.2, -0.15) is 0 Å². The number of benzene rings is 2. The highest BCUT2D eigenvalue weighted by molar-refractivity contribution is 6.04. The van der Waals surface area contributed by atoms with Gasteiger partial charge >= 0.3 is 5.97 Å². The molecule has 0 bridgehead atoms.